The maximum Gasteiger partial charge on any atom is 0.421 e. The lowest BCUT2D eigenvalue weighted by molar-refractivity contribution is -0.258. The predicted octanol–water partition coefficient (Wildman–Crippen LogP) is 2.80. The first kappa shape index (κ1) is 32.6. The average Bonchev–Trinajstić information content (AvgIpc) is 2.93. The minimum atomic E-state index is -4.85. The van der Waals surface area contributed by atoms with Crippen LogP contribution in [0.25, 0.3) is 0 Å². The molecule has 232 valence electrons. The molecule has 0 aromatic heterocycles. The van der Waals surface area contributed by atoms with Crippen molar-refractivity contribution in [2.45, 2.75) is 47.0 Å². The van der Waals surface area contributed by atoms with Crippen LogP contribution in [0.5, 0.6) is 0 Å². The Hall–Kier alpha value is -2.36. The van der Waals surface area contributed by atoms with Crippen LogP contribution in [-0.2, 0) is 25.2 Å². The molecule has 0 aliphatic carbocycles. The van der Waals surface area contributed by atoms with Gasteiger partial charge in [0.1, 0.15) is 0 Å². The molecule has 9 nitrogen and oxygen atoms in total. The third-order valence-corrected chi connectivity index (χ3v) is 10.4. The van der Waals surface area contributed by atoms with Crippen LogP contribution < -0.4 is 4.90 Å². The standard InChI is InChI=1S/C28H37F3N4O5S2/c1-27(37,28(29,30)31)20-8-10-21(11-9-20)35-13-12-34(42(38,39)25-7-5-4-6-24(25)41)18-23(35)17-33-14-15-40-19-22(33)16-26(36)32(2)3/h4-11,22-23,37,41H,12-19H2,1-3H3/t22?,23-,27?/m0/s1. The summed E-state index contributed by atoms with van der Waals surface area (Å²) in [6.07, 6.45) is -4.62. The molecular weight excluding hydrogens is 593 g/mol. The number of carbonyl (C=O) groups excluding carboxylic acids is 1. The van der Waals surface area contributed by atoms with Crippen LogP contribution in [-0.4, -0.2) is 112 Å². The Morgan fingerprint density at radius 2 is 1.74 bits per heavy atom. The number of thiol groups is 1. The molecule has 0 spiro atoms. The molecule has 2 aromatic carbocycles. The number of aliphatic hydroxyl groups is 1. The van der Waals surface area contributed by atoms with Gasteiger partial charge in [0.25, 0.3) is 0 Å². The van der Waals surface area contributed by atoms with E-state index in [0.29, 0.717) is 43.8 Å². The van der Waals surface area contributed by atoms with Crippen LogP contribution in [0.15, 0.2) is 58.3 Å². The van der Waals surface area contributed by atoms with Gasteiger partial charge in [0, 0.05) is 69.9 Å². The second-order valence-electron chi connectivity index (χ2n) is 11.0. The van der Waals surface area contributed by atoms with Crippen molar-refractivity contribution >= 4 is 34.2 Å². The number of nitrogens with zero attached hydrogens (tertiary/aromatic N) is 4. The molecule has 1 amide bonds. The number of hydrogen-bond acceptors (Lipinski definition) is 8. The van der Waals surface area contributed by atoms with Gasteiger partial charge in [0.15, 0.2) is 5.60 Å². The van der Waals surface area contributed by atoms with Gasteiger partial charge in [-0.05, 0) is 36.8 Å². The summed E-state index contributed by atoms with van der Waals surface area (Å²) >= 11 is 4.35. The molecule has 2 aliphatic heterocycles. The van der Waals surface area contributed by atoms with Gasteiger partial charge in [-0.1, -0.05) is 24.3 Å². The monoisotopic (exact) mass is 630 g/mol. The minimum absolute atomic E-state index is 0.0575. The number of piperazine rings is 1. The lowest BCUT2D eigenvalue weighted by Gasteiger charge is -2.46. The van der Waals surface area contributed by atoms with Gasteiger partial charge in [-0.2, -0.15) is 17.5 Å². The Kier molecular flexibility index (Phi) is 9.85. The van der Waals surface area contributed by atoms with E-state index in [1.165, 1.54) is 39.5 Å². The molecule has 2 heterocycles. The van der Waals surface area contributed by atoms with Gasteiger partial charge in [-0.25, -0.2) is 8.42 Å². The van der Waals surface area contributed by atoms with Crippen LogP contribution in [0.1, 0.15) is 18.9 Å². The summed E-state index contributed by atoms with van der Waals surface area (Å²) in [5.41, 5.74) is -2.71. The molecule has 2 aliphatic rings. The van der Waals surface area contributed by atoms with Crippen molar-refractivity contribution in [1.29, 1.82) is 0 Å². The van der Waals surface area contributed by atoms with E-state index in [0.717, 1.165) is 0 Å². The van der Waals surface area contributed by atoms with E-state index in [1.54, 1.807) is 32.3 Å². The Morgan fingerprint density at radius 3 is 2.36 bits per heavy atom. The molecule has 2 aromatic rings. The number of sulfonamides is 1. The molecule has 2 unspecified atom stereocenters. The van der Waals surface area contributed by atoms with Crippen LogP contribution in [0.4, 0.5) is 18.9 Å². The van der Waals surface area contributed by atoms with Crippen molar-refractivity contribution in [2.75, 3.05) is 64.9 Å². The number of morpholine rings is 1. The fraction of sp³-hybridized carbons (Fsp3) is 0.536. The minimum Gasteiger partial charge on any atom is -0.378 e. The van der Waals surface area contributed by atoms with Crippen molar-refractivity contribution in [1.82, 2.24) is 14.1 Å². The number of benzene rings is 2. The molecule has 0 bridgehead atoms. The van der Waals surface area contributed by atoms with Crippen molar-refractivity contribution < 1.29 is 36.2 Å². The Morgan fingerprint density at radius 1 is 1.07 bits per heavy atom. The zero-order valence-electron chi connectivity index (χ0n) is 23.8. The molecular formula is C28H37F3N4O5S2. The molecule has 14 heteroatoms. The maximum atomic E-state index is 13.7. The summed E-state index contributed by atoms with van der Waals surface area (Å²) in [5.74, 6) is -0.0575. The van der Waals surface area contributed by atoms with Gasteiger partial charge >= 0.3 is 6.18 Å². The molecule has 4 rings (SSSR count). The van der Waals surface area contributed by atoms with E-state index in [-0.39, 0.29) is 48.5 Å². The lowest BCUT2D eigenvalue weighted by Crippen LogP contribution is -2.60. The fourth-order valence-electron chi connectivity index (χ4n) is 5.27. The number of rotatable bonds is 8. The average molecular weight is 631 g/mol. The van der Waals surface area contributed by atoms with Gasteiger partial charge in [0.05, 0.1) is 24.2 Å². The van der Waals surface area contributed by atoms with Crippen LogP contribution >= 0.6 is 12.6 Å². The number of amides is 1. The SMILES string of the molecule is CN(C)C(=O)CC1COCCN1C[C@H]1CN(S(=O)(=O)c2ccccc2S)CCN1c1ccc(C(C)(O)C(F)(F)F)cc1. The third-order valence-electron chi connectivity index (χ3n) is 7.95. The van der Waals surface area contributed by atoms with E-state index in [1.807, 2.05) is 4.90 Å². The van der Waals surface area contributed by atoms with Crippen molar-refractivity contribution in [3.8, 4) is 0 Å². The number of carbonyl (C=O) groups is 1. The first-order chi connectivity index (χ1) is 19.6. The normalized spacial score (nSPS) is 22.5. The fourth-order valence-corrected chi connectivity index (χ4v) is 7.33. The van der Waals surface area contributed by atoms with Gasteiger partial charge in [-0.3, -0.25) is 9.69 Å². The summed E-state index contributed by atoms with van der Waals surface area (Å²) in [5, 5.41) is 10.1. The zero-order chi connectivity index (χ0) is 30.9. The number of halogens is 3. The highest BCUT2D eigenvalue weighted by molar-refractivity contribution is 7.90. The lowest BCUT2D eigenvalue weighted by atomic mass is 9.95. The summed E-state index contributed by atoms with van der Waals surface area (Å²) in [6, 6.07) is 11.4. The van der Waals surface area contributed by atoms with Crippen LogP contribution in [0, 0.1) is 0 Å². The summed E-state index contributed by atoms with van der Waals surface area (Å²) < 4.78 is 74.7. The van der Waals surface area contributed by atoms with E-state index >= 15 is 0 Å². The molecule has 3 atom stereocenters. The van der Waals surface area contributed by atoms with Crippen LogP contribution in [0.2, 0.25) is 0 Å². The van der Waals surface area contributed by atoms with Crippen molar-refractivity contribution in [3.63, 3.8) is 0 Å². The molecule has 2 saturated heterocycles. The number of alkyl halides is 3. The molecule has 42 heavy (non-hydrogen) atoms. The molecule has 0 radical (unpaired) electrons. The molecule has 0 saturated carbocycles. The molecule has 2 fully saturated rings. The predicted molar refractivity (Wildman–Crippen MR) is 155 cm³/mol. The largest absolute Gasteiger partial charge is 0.421 e. The quantitative estimate of drug-likeness (QED) is 0.434. The van der Waals surface area contributed by atoms with Gasteiger partial charge in [0.2, 0.25) is 15.9 Å². The zero-order valence-corrected chi connectivity index (χ0v) is 25.5. The summed E-state index contributed by atoms with van der Waals surface area (Å²) in [7, 11) is -0.527. The van der Waals surface area contributed by atoms with E-state index < -0.39 is 27.8 Å². The van der Waals surface area contributed by atoms with E-state index in [2.05, 4.69) is 17.5 Å². The smallest absolute Gasteiger partial charge is 0.378 e. The first-order valence-electron chi connectivity index (χ1n) is 13.6. The number of ether oxygens (including phenoxy) is 1. The van der Waals surface area contributed by atoms with Gasteiger partial charge < -0.3 is 19.6 Å². The second-order valence-corrected chi connectivity index (χ2v) is 13.4. The second kappa shape index (κ2) is 12.7. The Labute approximate surface area is 250 Å². The van der Waals surface area contributed by atoms with E-state index in [9.17, 15) is 31.5 Å². The number of anilines is 1. The van der Waals surface area contributed by atoms with E-state index in [4.69, 9.17) is 4.74 Å². The third kappa shape index (κ3) is 6.89. The Balaban J connectivity index is 1.64. The highest BCUT2D eigenvalue weighted by Gasteiger charge is 2.51. The first-order valence-corrected chi connectivity index (χ1v) is 15.5. The van der Waals surface area contributed by atoms with Crippen LogP contribution in [0.3, 0.4) is 0 Å². The summed E-state index contributed by atoms with van der Waals surface area (Å²) in [6.45, 7) is 2.98. The molecule has 1 N–H and O–H groups in total. The highest BCUT2D eigenvalue weighted by Crippen LogP contribution is 2.39. The highest BCUT2D eigenvalue weighted by atomic mass is 32.2. The summed E-state index contributed by atoms with van der Waals surface area (Å²) in [4.78, 5) is 18.6. The van der Waals surface area contributed by atoms with Crippen molar-refractivity contribution in [2.24, 2.45) is 0 Å². The topological polar surface area (TPSA) is 93.6 Å². The Bertz CT molecular complexity index is 1360. The maximum absolute atomic E-state index is 13.7. The van der Waals surface area contributed by atoms with Gasteiger partial charge in [-0.15, -0.1) is 12.6 Å². The van der Waals surface area contributed by atoms with Crippen molar-refractivity contribution in [3.05, 3.63) is 54.1 Å². The number of hydrogen-bond donors (Lipinski definition) is 2.